The summed E-state index contributed by atoms with van der Waals surface area (Å²) in [7, 11) is 0. The fraction of sp³-hybridized carbons (Fsp3) is 0.231. The SMILES string of the molecule is CC(O)CNc1ccc(NC(=O)c2ccco2)cn1. The normalized spacial score (nSPS) is 11.9. The quantitative estimate of drug-likeness (QED) is 0.762. The average Bonchev–Trinajstić information content (AvgIpc) is 2.92. The van der Waals surface area contributed by atoms with Crippen LogP contribution in [0.1, 0.15) is 17.5 Å². The highest BCUT2D eigenvalue weighted by molar-refractivity contribution is 6.02. The largest absolute Gasteiger partial charge is 0.459 e. The third kappa shape index (κ3) is 3.82. The van der Waals surface area contributed by atoms with E-state index in [0.29, 0.717) is 18.1 Å². The lowest BCUT2D eigenvalue weighted by molar-refractivity contribution is 0.0996. The first-order valence-electron chi connectivity index (χ1n) is 5.88. The Hall–Kier alpha value is -2.34. The smallest absolute Gasteiger partial charge is 0.291 e. The molecule has 0 fully saturated rings. The number of aliphatic hydroxyl groups is 1. The summed E-state index contributed by atoms with van der Waals surface area (Å²) in [6.07, 6.45) is 2.53. The van der Waals surface area contributed by atoms with E-state index in [4.69, 9.17) is 9.52 Å². The molecule has 0 spiro atoms. The van der Waals surface area contributed by atoms with Gasteiger partial charge in [-0.25, -0.2) is 4.98 Å². The Morgan fingerprint density at radius 2 is 2.32 bits per heavy atom. The number of pyridine rings is 1. The van der Waals surface area contributed by atoms with Gasteiger partial charge in [0.05, 0.1) is 24.3 Å². The number of carbonyl (C=O) groups is 1. The minimum atomic E-state index is -0.444. The first-order chi connectivity index (χ1) is 9.15. The van der Waals surface area contributed by atoms with E-state index in [1.165, 1.54) is 12.5 Å². The van der Waals surface area contributed by atoms with Crippen LogP contribution in [-0.4, -0.2) is 28.6 Å². The molecule has 1 amide bonds. The fourth-order valence-corrected chi connectivity index (χ4v) is 1.43. The van der Waals surface area contributed by atoms with E-state index in [-0.39, 0.29) is 11.7 Å². The third-order valence-corrected chi connectivity index (χ3v) is 2.34. The molecule has 0 aliphatic rings. The predicted octanol–water partition coefficient (Wildman–Crippen LogP) is 1.72. The Morgan fingerprint density at radius 3 is 2.89 bits per heavy atom. The van der Waals surface area contributed by atoms with E-state index < -0.39 is 6.10 Å². The van der Waals surface area contributed by atoms with Crippen LogP contribution in [0.3, 0.4) is 0 Å². The Bertz CT molecular complexity index is 521. The van der Waals surface area contributed by atoms with E-state index in [1.54, 1.807) is 31.2 Å². The van der Waals surface area contributed by atoms with Crippen molar-refractivity contribution in [2.45, 2.75) is 13.0 Å². The van der Waals surface area contributed by atoms with Crippen LogP contribution in [-0.2, 0) is 0 Å². The van der Waals surface area contributed by atoms with Crippen LogP contribution >= 0.6 is 0 Å². The molecule has 0 aliphatic carbocycles. The van der Waals surface area contributed by atoms with Crippen molar-refractivity contribution in [3.8, 4) is 0 Å². The van der Waals surface area contributed by atoms with E-state index in [9.17, 15) is 4.79 Å². The molecule has 6 nitrogen and oxygen atoms in total. The van der Waals surface area contributed by atoms with Gasteiger partial charge in [0, 0.05) is 6.54 Å². The van der Waals surface area contributed by atoms with Crippen molar-refractivity contribution in [3.63, 3.8) is 0 Å². The number of nitrogens with zero attached hydrogens (tertiary/aromatic N) is 1. The van der Waals surface area contributed by atoms with Crippen molar-refractivity contribution in [1.82, 2.24) is 4.98 Å². The zero-order valence-corrected chi connectivity index (χ0v) is 10.5. The molecule has 2 aromatic rings. The van der Waals surface area contributed by atoms with Crippen LogP contribution in [0, 0.1) is 0 Å². The number of hydrogen-bond donors (Lipinski definition) is 3. The summed E-state index contributed by atoms with van der Waals surface area (Å²) in [6.45, 7) is 2.11. The summed E-state index contributed by atoms with van der Waals surface area (Å²) < 4.78 is 4.98. The van der Waals surface area contributed by atoms with Crippen molar-refractivity contribution in [3.05, 3.63) is 42.5 Å². The first-order valence-corrected chi connectivity index (χ1v) is 5.88. The highest BCUT2D eigenvalue weighted by Crippen LogP contribution is 2.11. The molecule has 0 saturated carbocycles. The Balaban J connectivity index is 1.93. The molecule has 0 saturated heterocycles. The number of aromatic nitrogens is 1. The molecular formula is C13H15N3O3. The molecule has 100 valence electrons. The molecule has 0 aromatic carbocycles. The van der Waals surface area contributed by atoms with Crippen LogP contribution in [0.15, 0.2) is 41.1 Å². The highest BCUT2D eigenvalue weighted by atomic mass is 16.3. The molecule has 1 unspecified atom stereocenters. The maximum Gasteiger partial charge on any atom is 0.291 e. The van der Waals surface area contributed by atoms with Crippen molar-refractivity contribution in [2.24, 2.45) is 0 Å². The van der Waals surface area contributed by atoms with E-state index in [0.717, 1.165) is 0 Å². The lowest BCUT2D eigenvalue weighted by Gasteiger charge is -2.08. The van der Waals surface area contributed by atoms with Crippen molar-refractivity contribution >= 4 is 17.4 Å². The second-order valence-electron chi connectivity index (χ2n) is 4.09. The average molecular weight is 261 g/mol. The number of hydrogen-bond acceptors (Lipinski definition) is 5. The molecule has 1 atom stereocenters. The van der Waals surface area contributed by atoms with Gasteiger partial charge in [0.15, 0.2) is 5.76 Å². The fourth-order valence-electron chi connectivity index (χ4n) is 1.43. The molecule has 3 N–H and O–H groups in total. The van der Waals surface area contributed by atoms with Gasteiger partial charge in [-0.05, 0) is 31.2 Å². The zero-order chi connectivity index (χ0) is 13.7. The summed E-state index contributed by atoms with van der Waals surface area (Å²) in [5.41, 5.74) is 0.573. The number of carbonyl (C=O) groups excluding carboxylic acids is 1. The van der Waals surface area contributed by atoms with Gasteiger partial charge in [-0.3, -0.25) is 4.79 Å². The Kier molecular flexibility index (Phi) is 4.15. The third-order valence-electron chi connectivity index (χ3n) is 2.34. The van der Waals surface area contributed by atoms with Crippen LogP contribution in [0.5, 0.6) is 0 Å². The van der Waals surface area contributed by atoms with Gasteiger partial charge < -0.3 is 20.2 Å². The minimum Gasteiger partial charge on any atom is -0.459 e. The topological polar surface area (TPSA) is 87.4 Å². The molecular weight excluding hydrogens is 246 g/mol. The zero-order valence-electron chi connectivity index (χ0n) is 10.5. The maximum atomic E-state index is 11.7. The second kappa shape index (κ2) is 6.01. The summed E-state index contributed by atoms with van der Waals surface area (Å²) in [4.78, 5) is 15.8. The van der Waals surface area contributed by atoms with Gasteiger partial charge >= 0.3 is 0 Å². The van der Waals surface area contributed by atoms with Crippen molar-refractivity contribution in [2.75, 3.05) is 17.2 Å². The van der Waals surface area contributed by atoms with Crippen LogP contribution < -0.4 is 10.6 Å². The summed E-state index contributed by atoms with van der Waals surface area (Å²) >= 11 is 0. The predicted molar refractivity (Wildman–Crippen MR) is 71.1 cm³/mol. The molecule has 0 bridgehead atoms. The standard InChI is InChI=1S/C13H15N3O3/c1-9(17)7-14-12-5-4-10(8-15-12)16-13(18)11-3-2-6-19-11/h2-6,8-9,17H,7H2,1H3,(H,14,15)(H,16,18). The Labute approximate surface area is 110 Å². The van der Waals surface area contributed by atoms with Gasteiger partial charge in [0.2, 0.25) is 0 Å². The van der Waals surface area contributed by atoms with E-state index in [2.05, 4.69) is 15.6 Å². The first kappa shape index (κ1) is 13.1. The van der Waals surface area contributed by atoms with Gasteiger partial charge in [-0.15, -0.1) is 0 Å². The molecule has 0 radical (unpaired) electrons. The molecule has 2 rings (SSSR count). The minimum absolute atomic E-state index is 0.247. The summed E-state index contributed by atoms with van der Waals surface area (Å²) in [6, 6.07) is 6.68. The lowest BCUT2D eigenvalue weighted by Crippen LogP contribution is -2.16. The number of furan rings is 1. The van der Waals surface area contributed by atoms with Crippen molar-refractivity contribution < 1.29 is 14.3 Å². The van der Waals surface area contributed by atoms with Gasteiger partial charge in [0.25, 0.3) is 5.91 Å². The maximum absolute atomic E-state index is 11.7. The number of nitrogens with one attached hydrogen (secondary N) is 2. The van der Waals surface area contributed by atoms with E-state index in [1.807, 2.05) is 0 Å². The molecule has 0 aliphatic heterocycles. The van der Waals surface area contributed by atoms with Gasteiger partial charge in [-0.1, -0.05) is 0 Å². The summed E-state index contributed by atoms with van der Waals surface area (Å²) in [5, 5.41) is 14.8. The van der Waals surface area contributed by atoms with Crippen LogP contribution in [0.25, 0.3) is 0 Å². The molecule has 19 heavy (non-hydrogen) atoms. The van der Waals surface area contributed by atoms with E-state index >= 15 is 0 Å². The van der Waals surface area contributed by atoms with Crippen LogP contribution in [0.2, 0.25) is 0 Å². The number of amides is 1. The number of rotatable bonds is 5. The number of aliphatic hydroxyl groups excluding tert-OH is 1. The van der Waals surface area contributed by atoms with Gasteiger partial charge in [0.1, 0.15) is 5.82 Å². The molecule has 2 heterocycles. The second-order valence-corrected chi connectivity index (χ2v) is 4.09. The monoisotopic (exact) mass is 261 g/mol. The number of anilines is 2. The Morgan fingerprint density at radius 1 is 1.47 bits per heavy atom. The highest BCUT2D eigenvalue weighted by Gasteiger charge is 2.08. The summed E-state index contributed by atoms with van der Waals surface area (Å²) in [5.74, 6) is 0.560. The van der Waals surface area contributed by atoms with Crippen molar-refractivity contribution in [1.29, 1.82) is 0 Å². The molecule has 2 aromatic heterocycles. The van der Waals surface area contributed by atoms with Crippen LogP contribution in [0.4, 0.5) is 11.5 Å². The lowest BCUT2D eigenvalue weighted by atomic mass is 10.3. The van der Waals surface area contributed by atoms with Gasteiger partial charge in [-0.2, -0.15) is 0 Å². The molecule has 6 heteroatoms.